The fourth-order valence-electron chi connectivity index (χ4n) is 2.53. The Morgan fingerprint density at radius 3 is 3.00 bits per heavy atom. The van der Waals surface area contributed by atoms with Crippen molar-refractivity contribution in [1.29, 1.82) is 0 Å². The summed E-state index contributed by atoms with van der Waals surface area (Å²) >= 11 is 6.27. The average Bonchev–Trinajstić information content (AvgIpc) is 2.79. The lowest BCUT2D eigenvalue weighted by Crippen LogP contribution is -2.38. The van der Waals surface area contributed by atoms with Crippen LogP contribution in [0.5, 0.6) is 0 Å². The van der Waals surface area contributed by atoms with Crippen molar-refractivity contribution < 1.29 is 0 Å². The number of likely N-dealkylation sites (N-methyl/N-ethyl adjacent to an activating group) is 1. The van der Waals surface area contributed by atoms with Crippen molar-refractivity contribution in [2.75, 3.05) is 43.9 Å². The number of aromatic nitrogens is 2. The van der Waals surface area contributed by atoms with Crippen LogP contribution in [0.2, 0.25) is 5.02 Å². The molecule has 0 saturated carbocycles. The molecule has 1 aliphatic heterocycles. The SMILES string of the molecule is CCNc1ncc(Cl)c(N2CCCC2CN(C)C)n1. The molecule has 1 N–H and O–H groups in total. The summed E-state index contributed by atoms with van der Waals surface area (Å²) in [6.07, 6.45) is 4.07. The molecule has 106 valence electrons. The van der Waals surface area contributed by atoms with Crippen LogP contribution in [0.25, 0.3) is 0 Å². The minimum absolute atomic E-state index is 0.483. The largest absolute Gasteiger partial charge is 0.354 e. The first kappa shape index (κ1) is 14.3. The Morgan fingerprint density at radius 1 is 1.53 bits per heavy atom. The molecule has 1 saturated heterocycles. The van der Waals surface area contributed by atoms with Crippen LogP contribution in [0.1, 0.15) is 19.8 Å². The maximum absolute atomic E-state index is 6.27. The van der Waals surface area contributed by atoms with Crippen LogP contribution >= 0.6 is 11.6 Å². The smallest absolute Gasteiger partial charge is 0.224 e. The quantitative estimate of drug-likeness (QED) is 0.896. The van der Waals surface area contributed by atoms with Gasteiger partial charge in [0.1, 0.15) is 5.02 Å². The lowest BCUT2D eigenvalue weighted by atomic mass is 10.2. The fraction of sp³-hybridized carbons (Fsp3) is 0.692. The summed E-state index contributed by atoms with van der Waals surface area (Å²) in [5, 5.41) is 3.77. The van der Waals surface area contributed by atoms with E-state index in [0.29, 0.717) is 17.0 Å². The third kappa shape index (κ3) is 3.48. The molecule has 1 unspecified atom stereocenters. The molecule has 2 rings (SSSR count). The van der Waals surface area contributed by atoms with Gasteiger partial charge in [-0.2, -0.15) is 4.98 Å². The first-order chi connectivity index (χ1) is 9.11. The van der Waals surface area contributed by atoms with E-state index in [1.165, 1.54) is 12.8 Å². The first-order valence-electron chi connectivity index (χ1n) is 6.79. The highest BCUT2D eigenvalue weighted by Gasteiger charge is 2.28. The molecule has 1 aromatic heterocycles. The Labute approximate surface area is 120 Å². The maximum Gasteiger partial charge on any atom is 0.224 e. The van der Waals surface area contributed by atoms with Crippen LogP contribution in [0.3, 0.4) is 0 Å². The van der Waals surface area contributed by atoms with Gasteiger partial charge in [0.2, 0.25) is 5.95 Å². The molecule has 1 fully saturated rings. The van der Waals surface area contributed by atoms with Gasteiger partial charge in [0.05, 0.1) is 6.20 Å². The van der Waals surface area contributed by atoms with E-state index in [1.807, 2.05) is 6.92 Å². The Balaban J connectivity index is 2.21. The van der Waals surface area contributed by atoms with E-state index in [-0.39, 0.29) is 0 Å². The van der Waals surface area contributed by atoms with E-state index in [9.17, 15) is 0 Å². The zero-order valence-corrected chi connectivity index (χ0v) is 12.6. The molecule has 0 spiro atoms. The monoisotopic (exact) mass is 283 g/mol. The standard InChI is InChI=1S/C13H22ClN5/c1-4-15-13-16-8-11(14)12(17-13)19-7-5-6-10(19)9-18(2)3/h8,10H,4-7,9H2,1-3H3,(H,15,16,17). The van der Waals surface area contributed by atoms with Gasteiger partial charge in [-0.3, -0.25) is 0 Å². The third-order valence-corrected chi connectivity index (χ3v) is 3.55. The van der Waals surface area contributed by atoms with E-state index in [4.69, 9.17) is 11.6 Å². The topological polar surface area (TPSA) is 44.3 Å². The molecule has 1 aromatic rings. The van der Waals surface area contributed by atoms with Gasteiger partial charge in [0, 0.05) is 25.7 Å². The molecular weight excluding hydrogens is 262 g/mol. The van der Waals surface area contributed by atoms with Gasteiger partial charge in [-0.25, -0.2) is 4.98 Å². The van der Waals surface area contributed by atoms with Crippen molar-refractivity contribution in [3.63, 3.8) is 0 Å². The summed E-state index contributed by atoms with van der Waals surface area (Å²) in [7, 11) is 4.20. The number of halogens is 1. The normalized spacial score (nSPS) is 19.2. The summed E-state index contributed by atoms with van der Waals surface area (Å²) in [5.41, 5.74) is 0. The van der Waals surface area contributed by atoms with Gasteiger partial charge >= 0.3 is 0 Å². The molecule has 2 heterocycles. The van der Waals surface area contributed by atoms with Crippen LogP contribution in [-0.4, -0.2) is 54.6 Å². The van der Waals surface area contributed by atoms with E-state index in [0.717, 1.165) is 25.5 Å². The number of nitrogens with one attached hydrogen (secondary N) is 1. The Bertz CT molecular complexity index is 423. The predicted molar refractivity (Wildman–Crippen MR) is 80.1 cm³/mol. The number of nitrogens with zero attached hydrogens (tertiary/aromatic N) is 4. The molecule has 0 bridgehead atoms. The minimum Gasteiger partial charge on any atom is -0.354 e. The second-order valence-electron chi connectivity index (χ2n) is 5.15. The summed E-state index contributed by atoms with van der Waals surface area (Å²) in [5.74, 6) is 1.51. The molecule has 0 radical (unpaired) electrons. The highest BCUT2D eigenvalue weighted by Crippen LogP contribution is 2.30. The Kier molecular flexibility index (Phi) is 4.82. The van der Waals surface area contributed by atoms with Crippen LogP contribution in [-0.2, 0) is 0 Å². The molecule has 6 heteroatoms. The van der Waals surface area contributed by atoms with Gasteiger partial charge in [-0.05, 0) is 33.9 Å². The lowest BCUT2D eigenvalue weighted by molar-refractivity contribution is 0.371. The summed E-state index contributed by atoms with van der Waals surface area (Å²) in [6.45, 7) is 4.88. The Morgan fingerprint density at radius 2 is 2.32 bits per heavy atom. The number of anilines is 2. The van der Waals surface area contributed by atoms with Crippen LogP contribution in [0.15, 0.2) is 6.20 Å². The number of rotatable bonds is 5. The van der Waals surface area contributed by atoms with Crippen molar-refractivity contribution in [2.45, 2.75) is 25.8 Å². The molecule has 0 aromatic carbocycles. The molecule has 0 amide bonds. The maximum atomic E-state index is 6.27. The molecule has 0 aliphatic carbocycles. The fourth-order valence-corrected chi connectivity index (χ4v) is 2.73. The van der Waals surface area contributed by atoms with Crippen molar-refractivity contribution >= 4 is 23.4 Å². The summed E-state index contributed by atoms with van der Waals surface area (Å²) in [6, 6.07) is 0.483. The minimum atomic E-state index is 0.483. The van der Waals surface area contributed by atoms with Crippen LogP contribution < -0.4 is 10.2 Å². The highest BCUT2D eigenvalue weighted by molar-refractivity contribution is 6.32. The van der Waals surface area contributed by atoms with Crippen molar-refractivity contribution in [3.8, 4) is 0 Å². The van der Waals surface area contributed by atoms with Crippen LogP contribution in [0.4, 0.5) is 11.8 Å². The lowest BCUT2D eigenvalue weighted by Gasteiger charge is -2.28. The average molecular weight is 284 g/mol. The zero-order chi connectivity index (χ0) is 13.8. The zero-order valence-electron chi connectivity index (χ0n) is 11.9. The van der Waals surface area contributed by atoms with Gasteiger partial charge in [-0.15, -0.1) is 0 Å². The van der Waals surface area contributed by atoms with E-state index < -0.39 is 0 Å². The van der Waals surface area contributed by atoms with E-state index in [2.05, 4.69) is 39.2 Å². The van der Waals surface area contributed by atoms with E-state index >= 15 is 0 Å². The number of hydrogen-bond acceptors (Lipinski definition) is 5. The molecule has 1 aliphatic rings. The molecule has 19 heavy (non-hydrogen) atoms. The van der Waals surface area contributed by atoms with E-state index in [1.54, 1.807) is 6.20 Å². The second-order valence-corrected chi connectivity index (χ2v) is 5.55. The van der Waals surface area contributed by atoms with Crippen LogP contribution in [0, 0.1) is 0 Å². The summed E-state index contributed by atoms with van der Waals surface area (Å²) < 4.78 is 0. The molecule has 1 atom stereocenters. The van der Waals surface area contributed by atoms with Gasteiger partial charge in [-0.1, -0.05) is 11.6 Å². The second kappa shape index (κ2) is 6.39. The Hall–Kier alpha value is -1.07. The van der Waals surface area contributed by atoms with Crippen molar-refractivity contribution in [3.05, 3.63) is 11.2 Å². The summed E-state index contributed by atoms with van der Waals surface area (Å²) in [4.78, 5) is 13.3. The highest BCUT2D eigenvalue weighted by atomic mass is 35.5. The number of hydrogen-bond donors (Lipinski definition) is 1. The third-order valence-electron chi connectivity index (χ3n) is 3.29. The van der Waals surface area contributed by atoms with Gasteiger partial charge < -0.3 is 15.1 Å². The first-order valence-corrected chi connectivity index (χ1v) is 7.17. The van der Waals surface area contributed by atoms with Gasteiger partial charge in [0.15, 0.2) is 5.82 Å². The van der Waals surface area contributed by atoms with Gasteiger partial charge in [0.25, 0.3) is 0 Å². The van der Waals surface area contributed by atoms with Crippen molar-refractivity contribution in [1.82, 2.24) is 14.9 Å². The predicted octanol–water partition coefficient (Wildman–Crippen LogP) is 2.09. The molecule has 5 nitrogen and oxygen atoms in total. The van der Waals surface area contributed by atoms with Crippen molar-refractivity contribution in [2.24, 2.45) is 0 Å². The molecular formula is C13H22ClN5.